The van der Waals surface area contributed by atoms with Gasteiger partial charge in [0, 0.05) is 21.8 Å². The summed E-state index contributed by atoms with van der Waals surface area (Å²) in [5.41, 5.74) is 2.54. The van der Waals surface area contributed by atoms with Crippen molar-refractivity contribution in [3.8, 4) is 17.2 Å². The zero-order chi connectivity index (χ0) is 25.7. The first-order valence-corrected chi connectivity index (χ1v) is 12.4. The Morgan fingerprint density at radius 1 is 0.944 bits per heavy atom. The van der Waals surface area contributed by atoms with Gasteiger partial charge >= 0.3 is 0 Å². The smallest absolute Gasteiger partial charge is 0.255 e. The van der Waals surface area contributed by atoms with Crippen molar-refractivity contribution in [3.63, 3.8) is 0 Å². The maximum atomic E-state index is 14.1. The molecule has 0 aliphatic carbocycles. The third-order valence-corrected chi connectivity index (χ3v) is 5.98. The van der Waals surface area contributed by atoms with E-state index in [1.807, 2.05) is 57.2 Å². The highest BCUT2D eigenvalue weighted by Crippen LogP contribution is 2.42. The van der Waals surface area contributed by atoms with Crippen LogP contribution in [0.5, 0.6) is 17.2 Å². The van der Waals surface area contributed by atoms with Crippen LogP contribution in [0.15, 0.2) is 60.7 Å². The van der Waals surface area contributed by atoms with E-state index in [2.05, 4.69) is 5.32 Å². The number of carbonyl (C=O) groups is 2. The van der Waals surface area contributed by atoms with Crippen LogP contribution in [0.1, 0.15) is 48.3 Å². The number of amides is 2. The molecule has 1 aliphatic heterocycles. The van der Waals surface area contributed by atoms with Crippen LogP contribution in [0.25, 0.3) is 0 Å². The first-order valence-electron chi connectivity index (χ1n) is 12.0. The van der Waals surface area contributed by atoms with Gasteiger partial charge in [0.1, 0.15) is 6.54 Å². The molecule has 3 aromatic rings. The molecule has 1 N–H and O–H groups in total. The molecule has 0 bridgehead atoms. The number of anilines is 1. The summed E-state index contributed by atoms with van der Waals surface area (Å²) in [4.78, 5) is 28.6. The van der Waals surface area contributed by atoms with Gasteiger partial charge < -0.3 is 24.4 Å². The number of fused-ring (bicyclic) bond motifs is 1. The maximum absolute atomic E-state index is 14.1. The second-order valence-electron chi connectivity index (χ2n) is 8.13. The van der Waals surface area contributed by atoms with Crippen LogP contribution in [0, 0.1) is 0 Å². The minimum atomic E-state index is -0.525. The molecule has 0 fully saturated rings. The molecular formula is C28H29ClN2O5. The Bertz CT molecular complexity index is 1220. The Morgan fingerprint density at radius 2 is 1.58 bits per heavy atom. The normalized spacial score (nSPS) is 14.9. The van der Waals surface area contributed by atoms with E-state index in [1.54, 1.807) is 29.2 Å². The fraction of sp³-hybridized carbons (Fsp3) is 0.286. The third-order valence-electron chi connectivity index (χ3n) is 5.74. The van der Waals surface area contributed by atoms with E-state index in [0.29, 0.717) is 53.3 Å². The van der Waals surface area contributed by atoms with E-state index in [9.17, 15) is 9.59 Å². The number of hydrogen-bond donors (Lipinski definition) is 1. The Morgan fingerprint density at radius 3 is 2.19 bits per heavy atom. The van der Waals surface area contributed by atoms with E-state index in [4.69, 9.17) is 25.8 Å². The quantitative estimate of drug-likeness (QED) is 0.421. The van der Waals surface area contributed by atoms with Crippen molar-refractivity contribution in [2.75, 3.05) is 31.7 Å². The highest BCUT2D eigenvalue weighted by atomic mass is 35.5. The van der Waals surface area contributed by atoms with Crippen LogP contribution in [0.4, 0.5) is 5.69 Å². The summed E-state index contributed by atoms with van der Waals surface area (Å²) >= 11 is 6.23. The molecular weight excluding hydrogens is 480 g/mol. The molecule has 1 heterocycles. The number of carbonyl (C=O) groups excluding carboxylic acids is 2. The number of halogens is 1. The fourth-order valence-electron chi connectivity index (χ4n) is 4.34. The van der Waals surface area contributed by atoms with E-state index in [1.165, 1.54) is 0 Å². The minimum Gasteiger partial charge on any atom is -0.490 e. The van der Waals surface area contributed by atoms with Crippen molar-refractivity contribution in [2.24, 2.45) is 0 Å². The van der Waals surface area contributed by atoms with Gasteiger partial charge in [-0.2, -0.15) is 0 Å². The number of nitrogens with one attached hydrogen (secondary N) is 1. The van der Waals surface area contributed by atoms with Crippen molar-refractivity contribution in [1.29, 1.82) is 0 Å². The molecule has 0 radical (unpaired) electrons. The van der Waals surface area contributed by atoms with Crippen molar-refractivity contribution in [1.82, 2.24) is 4.90 Å². The molecule has 0 saturated carbocycles. The van der Waals surface area contributed by atoms with Crippen molar-refractivity contribution < 1.29 is 23.8 Å². The third kappa shape index (κ3) is 5.26. The molecule has 0 saturated heterocycles. The van der Waals surface area contributed by atoms with Gasteiger partial charge in [0.15, 0.2) is 11.5 Å². The Hall–Kier alpha value is -3.71. The first kappa shape index (κ1) is 25.4. The van der Waals surface area contributed by atoms with Gasteiger partial charge in [0.05, 0.1) is 25.9 Å². The predicted molar refractivity (Wildman–Crippen MR) is 139 cm³/mol. The van der Waals surface area contributed by atoms with Crippen LogP contribution in [0.3, 0.4) is 0 Å². The lowest BCUT2D eigenvalue weighted by atomic mass is 9.95. The van der Waals surface area contributed by atoms with Crippen LogP contribution >= 0.6 is 11.6 Å². The number of benzene rings is 3. The molecule has 1 atom stereocenters. The molecule has 8 heteroatoms. The molecule has 188 valence electrons. The van der Waals surface area contributed by atoms with Gasteiger partial charge in [0.25, 0.3) is 5.91 Å². The molecule has 0 spiro atoms. The van der Waals surface area contributed by atoms with Crippen LogP contribution < -0.4 is 19.5 Å². The molecule has 36 heavy (non-hydrogen) atoms. The Kier molecular flexibility index (Phi) is 8.00. The van der Waals surface area contributed by atoms with Crippen LogP contribution in [-0.4, -0.2) is 43.1 Å². The topological polar surface area (TPSA) is 77.1 Å². The lowest BCUT2D eigenvalue weighted by Crippen LogP contribution is -2.39. The van der Waals surface area contributed by atoms with E-state index in [-0.39, 0.29) is 18.4 Å². The largest absolute Gasteiger partial charge is 0.490 e. The van der Waals surface area contributed by atoms with Gasteiger partial charge in [-0.3, -0.25) is 9.59 Å². The Balaban J connectivity index is 1.86. The average Bonchev–Trinajstić information content (AvgIpc) is 3.01. The fourth-order valence-corrected chi connectivity index (χ4v) is 4.51. The molecule has 0 unspecified atom stereocenters. The number of ether oxygens (including phenoxy) is 3. The van der Waals surface area contributed by atoms with E-state index < -0.39 is 6.04 Å². The molecule has 2 amide bonds. The molecule has 3 aromatic carbocycles. The summed E-state index contributed by atoms with van der Waals surface area (Å²) in [7, 11) is 0. The van der Waals surface area contributed by atoms with E-state index in [0.717, 1.165) is 11.1 Å². The van der Waals surface area contributed by atoms with Crippen molar-refractivity contribution in [2.45, 2.75) is 26.8 Å². The van der Waals surface area contributed by atoms with Crippen LogP contribution in [0.2, 0.25) is 5.02 Å². The summed E-state index contributed by atoms with van der Waals surface area (Å²) in [5, 5.41) is 3.40. The van der Waals surface area contributed by atoms with Crippen molar-refractivity contribution >= 4 is 29.1 Å². The summed E-state index contributed by atoms with van der Waals surface area (Å²) in [6.45, 7) is 6.62. The number of hydrogen-bond acceptors (Lipinski definition) is 5. The molecule has 7 nitrogen and oxygen atoms in total. The minimum absolute atomic E-state index is 0.147. The summed E-state index contributed by atoms with van der Waals surface area (Å²) in [6.07, 6.45) is 0. The molecule has 1 aliphatic rings. The first-order chi connectivity index (χ1) is 17.5. The van der Waals surface area contributed by atoms with Gasteiger partial charge in [-0.25, -0.2) is 0 Å². The van der Waals surface area contributed by atoms with Crippen molar-refractivity contribution in [3.05, 3.63) is 82.4 Å². The zero-order valence-electron chi connectivity index (χ0n) is 20.5. The molecule has 4 rings (SSSR count). The molecule has 0 aromatic heterocycles. The van der Waals surface area contributed by atoms with Crippen LogP contribution in [-0.2, 0) is 4.79 Å². The SMILES string of the molecule is CCOc1cc(C(=O)N2CC(=O)Nc3cc(Cl)ccc3[C@H]2c2ccccc2)cc(OCC)c1OCC. The predicted octanol–water partition coefficient (Wildman–Crippen LogP) is 5.72. The monoisotopic (exact) mass is 508 g/mol. The van der Waals surface area contributed by atoms with Gasteiger partial charge in [-0.1, -0.05) is 48.0 Å². The average molecular weight is 509 g/mol. The lowest BCUT2D eigenvalue weighted by molar-refractivity contribution is -0.117. The Labute approximate surface area is 215 Å². The number of nitrogens with zero attached hydrogens (tertiary/aromatic N) is 1. The second kappa shape index (κ2) is 11.4. The van der Waals surface area contributed by atoms with E-state index >= 15 is 0 Å². The summed E-state index contributed by atoms with van der Waals surface area (Å²) in [5.74, 6) is 0.622. The van der Waals surface area contributed by atoms with Gasteiger partial charge in [-0.05, 0) is 50.6 Å². The second-order valence-corrected chi connectivity index (χ2v) is 8.56. The lowest BCUT2D eigenvalue weighted by Gasteiger charge is -2.31. The number of rotatable bonds is 8. The standard InChI is InChI=1S/C28H29ClN2O5/c1-4-34-23-14-19(15-24(35-5-2)27(23)36-6-3)28(33)31-17-25(32)30-22-16-20(29)12-13-21(22)26(31)18-10-8-7-9-11-18/h7-16,26H,4-6,17H2,1-3H3,(H,30,32)/t26-/m1/s1. The zero-order valence-corrected chi connectivity index (χ0v) is 21.3. The van der Waals surface area contributed by atoms with Gasteiger partial charge in [0.2, 0.25) is 11.7 Å². The summed E-state index contributed by atoms with van der Waals surface area (Å²) < 4.78 is 17.4. The maximum Gasteiger partial charge on any atom is 0.255 e. The summed E-state index contributed by atoms with van der Waals surface area (Å²) in [6, 6.07) is 17.7. The van der Waals surface area contributed by atoms with Gasteiger partial charge in [-0.15, -0.1) is 0 Å². The highest BCUT2D eigenvalue weighted by molar-refractivity contribution is 6.31. The highest BCUT2D eigenvalue weighted by Gasteiger charge is 2.35.